The predicted octanol–water partition coefficient (Wildman–Crippen LogP) is 2.08. The first-order valence-electron chi connectivity index (χ1n) is 4.46. The number of carboxylic acid groups (broad SMARTS) is 1. The van der Waals surface area contributed by atoms with E-state index in [4.69, 9.17) is 10.8 Å². The zero-order valence-corrected chi connectivity index (χ0v) is 8.38. The maximum atomic E-state index is 13.2. The minimum Gasteiger partial charge on any atom is -0.480 e. The average molecular weight is 233 g/mol. The summed E-state index contributed by atoms with van der Waals surface area (Å²) < 4.78 is 39.2. The lowest BCUT2D eigenvalue weighted by Crippen LogP contribution is -2.22. The summed E-state index contributed by atoms with van der Waals surface area (Å²) in [6.07, 6.45) is -1.53. The van der Waals surface area contributed by atoms with Crippen LogP contribution in [0.5, 0.6) is 0 Å². The Balaban J connectivity index is 3.32. The van der Waals surface area contributed by atoms with Crippen LogP contribution in [0.4, 0.5) is 13.2 Å². The second-order valence-corrected chi connectivity index (χ2v) is 3.34. The fourth-order valence-electron chi connectivity index (χ4n) is 1.22. The van der Waals surface area contributed by atoms with E-state index in [1.54, 1.807) is 0 Å². The summed E-state index contributed by atoms with van der Waals surface area (Å²) in [6, 6.07) is -0.117. The molecule has 6 heteroatoms. The maximum Gasteiger partial charge on any atom is 0.325 e. The van der Waals surface area contributed by atoms with E-state index in [2.05, 4.69) is 0 Å². The summed E-state index contributed by atoms with van der Waals surface area (Å²) in [5.41, 5.74) is 4.44. The molecular formula is C10H10F3NO2. The quantitative estimate of drug-likeness (QED) is 0.840. The largest absolute Gasteiger partial charge is 0.480 e. The Morgan fingerprint density at radius 1 is 1.44 bits per heavy atom. The highest BCUT2D eigenvalue weighted by Crippen LogP contribution is 2.25. The van der Waals surface area contributed by atoms with Gasteiger partial charge in [-0.15, -0.1) is 0 Å². The van der Waals surface area contributed by atoms with Gasteiger partial charge in [-0.25, -0.2) is 13.2 Å². The second-order valence-electron chi connectivity index (χ2n) is 3.34. The van der Waals surface area contributed by atoms with Crippen molar-refractivity contribution in [2.45, 2.75) is 19.1 Å². The summed E-state index contributed by atoms with van der Waals surface area (Å²) in [4.78, 5) is 10.5. The van der Waals surface area contributed by atoms with E-state index in [-0.39, 0.29) is 5.56 Å². The van der Waals surface area contributed by atoms with E-state index in [1.807, 2.05) is 0 Å². The Kier molecular flexibility index (Phi) is 3.54. The summed E-state index contributed by atoms with van der Waals surface area (Å²) >= 11 is 0. The average Bonchev–Trinajstić information content (AvgIpc) is 2.20. The molecule has 0 radical (unpaired) electrons. The lowest BCUT2D eigenvalue weighted by Gasteiger charge is -2.11. The van der Waals surface area contributed by atoms with Crippen LogP contribution in [0.15, 0.2) is 12.1 Å². The van der Waals surface area contributed by atoms with Crippen molar-refractivity contribution in [3.63, 3.8) is 0 Å². The molecule has 0 saturated carbocycles. The van der Waals surface area contributed by atoms with Crippen LogP contribution in [0.1, 0.15) is 30.3 Å². The van der Waals surface area contributed by atoms with E-state index >= 15 is 0 Å². The third-order valence-corrected chi connectivity index (χ3v) is 2.14. The van der Waals surface area contributed by atoms with E-state index in [0.29, 0.717) is 6.07 Å². The minimum absolute atomic E-state index is 0.148. The molecule has 1 rings (SSSR count). The fraction of sp³-hybridized carbons (Fsp3) is 0.300. The van der Waals surface area contributed by atoms with Gasteiger partial charge < -0.3 is 10.8 Å². The molecular weight excluding hydrogens is 223 g/mol. The number of hydrogen-bond acceptors (Lipinski definition) is 2. The number of hydrogen-bond donors (Lipinski definition) is 2. The molecule has 2 atom stereocenters. The maximum absolute atomic E-state index is 13.2. The van der Waals surface area contributed by atoms with Gasteiger partial charge >= 0.3 is 5.97 Å². The van der Waals surface area contributed by atoms with E-state index in [1.165, 1.54) is 0 Å². The molecule has 1 aromatic carbocycles. The highest BCUT2D eigenvalue weighted by Gasteiger charge is 2.23. The smallest absolute Gasteiger partial charge is 0.325 e. The van der Waals surface area contributed by atoms with Gasteiger partial charge in [-0.2, -0.15) is 0 Å². The van der Waals surface area contributed by atoms with Crippen LogP contribution in [-0.2, 0) is 4.79 Å². The van der Waals surface area contributed by atoms with Gasteiger partial charge in [0.1, 0.15) is 12.2 Å². The predicted molar refractivity (Wildman–Crippen MR) is 50.4 cm³/mol. The van der Waals surface area contributed by atoms with Gasteiger partial charge in [-0.05, 0) is 24.6 Å². The zero-order valence-electron chi connectivity index (χ0n) is 8.38. The third-order valence-electron chi connectivity index (χ3n) is 2.14. The van der Waals surface area contributed by atoms with Crippen molar-refractivity contribution in [1.29, 1.82) is 0 Å². The number of alkyl halides is 1. The molecule has 0 aromatic heterocycles. The number of halogens is 3. The molecule has 0 aliphatic carbocycles. The number of carbonyl (C=O) groups is 1. The Labute approximate surface area is 89.7 Å². The normalized spacial score (nSPS) is 14.6. The standard InChI is InChI=1S/C10H10F3NO2/c1-4(11)5-2-6(9(14)10(15)16)8(13)7(12)3-5/h2-4,9H,14H2,1H3,(H,15,16). The molecule has 2 unspecified atom stereocenters. The molecule has 0 aliphatic heterocycles. The lowest BCUT2D eigenvalue weighted by molar-refractivity contribution is -0.138. The highest BCUT2D eigenvalue weighted by atomic mass is 19.2. The van der Waals surface area contributed by atoms with Crippen LogP contribution in [0.25, 0.3) is 0 Å². The van der Waals surface area contributed by atoms with Crippen molar-refractivity contribution in [3.8, 4) is 0 Å². The molecule has 0 heterocycles. The van der Waals surface area contributed by atoms with Gasteiger partial charge in [0.25, 0.3) is 0 Å². The highest BCUT2D eigenvalue weighted by molar-refractivity contribution is 5.75. The Morgan fingerprint density at radius 2 is 2.00 bits per heavy atom. The second kappa shape index (κ2) is 4.52. The Morgan fingerprint density at radius 3 is 2.44 bits per heavy atom. The first-order chi connectivity index (χ1) is 7.34. The molecule has 3 N–H and O–H groups in total. The SMILES string of the molecule is CC(F)c1cc(F)c(F)c(C(N)C(=O)O)c1. The van der Waals surface area contributed by atoms with E-state index in [9.17, 15) is 18.0 Å². The zero-order chi connectivity index (χ0) is 12.5. The molecule has 0 aliphatic rings. The number of rotatable bonds is 3. The summed E-state index contributed by atoms with van der Waals surface area (Å²) in [7, 11) is 0. The van der Waals surface area contributed by atoms with Gasteiger partial charge in [0, 0.05) is 5.56 Å². The van der Waals surface area contributed by atoms with Crippen molar-refractivity contribution in [2.24, 2.45) is 5.73 Å². The molecule has 0 spiro atoms. The van der Waals surface area contributed by atoms with Crippen LogP contribution >= 0.6 is 0 Å². The van der Waals surface area contributed by atoms with Crippen molar-refractivity contribution in [1.82, 2.24) is 0 Å². The topological polar surface area (TPSA) is 63.3 Å². The van der Waals surface area contributed by atoms with Gasteiger partial charge in [0.05, 0.1) is 0 Å². The molecule has 0 bridgehead atoms. The first kappa shape index (κ1) is 12.5. The summed E-state index contributed by atoms with van der Waals surface area (Å²) in [5, 5.41) is 8.57. The Hall–Kier alpha value is -1.56. The van der Waals surface area contributed by atoms with Crippen molar-refractivity contribution in [3.05, 3.63) is 34.9 Å². The molecule has 0 fully saturated rings. The van der Waals surface area contributed by atoms with E-state index in [0.717, 1.165) is 13.0 Å². The van der Waals surface area contributed by atoms with Gasteiger partial charge in [0.15, 0.2) is 11.6 Å². The van der Waals surface area contributed by atoms with Crippen molar-refractivity contribution in [2.75, 3.05) is 0 Å². The van der Waals surface area contributed by atoms with Crippen LogP contribution in [0.3, 0.4) is 0 Å². The number of benzene rings is 1. The summed E-state index contributed by atoms with van der Waals surface area (Å²) in [6.45, 7) is 1.13. The van der Waals surface area contributed by atoms with Crippen LogP contribution in [-0.4, -0.2) is 11.1 Å². The first-order valence-corrected chi connectivity index (χ1v) is 4.46. The van der Waals surface area contributed by atoms with Gasteiger partial charge in [0.2, 0.25) is 0 Å². The Bertz CT molecular complexity index is 421. The molecule has 0 amide bonds. The molecule has 16 heavy (non-hydrogen) atoms. The molecule has 0 saturated heterocycles. The van der Waals surface area contributed by atoms with Crippen molar-refractivity contribution < 1.29 is 23.1 Å². The number of aliphatic carboxylic acids is 1. The number of nitrogens with two attached hydrogens (primary N) is 1. The molecule has 88 valence electrons. The van der Waals surface area contributed by atoms with Crippen LogP contribution < -0.4 is 5.73 Å². The lowest BCUT2D eigenvalue weighted by atomic mass is 10.0. The van der Waals surface area contributed by atoms with Crippen molar-refractivity contribution >= 4 is 5.97 Å². The summed E-state index contributed by atoms with van der Waals surface area (Å²) in [5.74, 6) is -4.19. The minimum atomic E-state index is -1.71. The monoisotopic (exact) mass is 233 g/mol. The molecule has 3 nitrogen and oxygen atoms in total. The third kappa shape index (κ3) is 2.33. The van der Waals surface area contributed by atoms with Crippen LogP contribution in [0, 0.1) is 11.6 Å². The van der Waals surface area contributed by atoms with E-state index < -0.39 is 35.4 Å². The fourth-order valence-corrected chi connectivity index (χ4v) is 1.22. The van der Waals surface area contributed by atoms with Crippen LogP contribution in [0.2, 0.25) is 0 Å². The molecule has 1 aromatic rings. The number of carboxylic acids is 1. The van der Waals surface area contributed by atoms with Gasteiger partial charge in [-0.3, -0.25) is 4.79 Å². The van der Waals surface area contributed by atoms with Gasteiger partial charge in [-0.1, -0.05) is 0 Å².